The first-order valence-corrected chi connectivity index (χ1v) is 8.91. The Hall–Kier alpha value is -2.20. The molecule has 5 heteroatoms. The van der Waals surface area contributed by atoms with Crippen molar-refractivity contribution >= 4 is 24.0 Å². The van der Waals surface area contributed by atoms with Crippen molar-refractivity contribution in [3.05, 3.63) is 94.5 Å². The summed E-state index contributed by atoms with van der Waals surface area (Å²) in [5, 5.41) is 4.18. The number of rotatable bonds is 8. The first kappa shape index (κ1) is 21.1. The molecule has 0 radical (unpaired) electrons. The van der Waals surface area contributed by atoms with Crippen LogP contribution in [-0.2, 0) is 19.7 Å². The van der Waals surface area contributed by atoms with E-state index in [1.54, 1.807) is 7.11 Å². The molecule has 0 unspecified atom stereocenters. The maximum Gasteiger partial charge on any atom is 0.123 e. The van der Waals surface area contributed by atoms with Crippen molar-refractivity contribution in [3.8, 4) is 11.5 Å². The Kier molecular flexibility index (Phi) is 8.46. The van der Waals surface area contributed by atoms with Gasteiger partial charge < -0.3 is 14.8 Å². The minimum atomic E-state index is 0. The minimum Gasteiger partial charge on any atom is -0.496 e. The summed E-state index contributed by atoms with van der Waals surface area (Å²) in [6, 6.07) is 23.9. The smallest absolute Gasteiger partial charge is 0.123 e. The molecule has 1 N–H and O–H groups in total. The van der Waals surface area contributed by atoms with Gasteiger partial charge in [-0.2, -0.15) is 0 Å². The third-order valence-electron chi connectivity index (χ3n) is 4.05. The summed E-state index contributed by atoms with van der Waals surface area (Å²) >= 11 is 5.91. The van der Waals surface area contributed by atoms with Crippen molar-refractivity contribution in [1.82, 2.24) is 5.32 Å². The fourth-order valence-corrected chi connectivity index (χ4v) is 2.81. The van der Waals surface area contributed by atoms with Crippen LogP contribution >= 0.6 is 24.0 Å². The van der Waals surface area contributed by atoms with Gasteiger partial charge in [-0.15, -0.1) is 12.4 Å². The molecule has 0 spiro atoms. The van der Waals surface area contributed by atoms with Gasteiger partial charge in [-0.3, -0.25) is 0 Å². The van der Waals surface area contributed by atoms with Gasteiger partial charge in [0.25, 0.3) is 0 Å². The Morgan fingerprint density at radius 3 is 2.41 bits per heavy atom. The number of nitrogens with one attached hydrogen (secondary N) is 1. The summed E-state index contributed by atoms with van der Waals surface area (Å²) < 4.78 is 11.3. The molecule has 0 aliphatic heterocycles. The minimum absolute atomic E-state index is 0. The van der Waals surface area contributed by atoms with E-state index in [9.17, 15) is 0 Å². The van der Waals surface area contributed by atoms with E-state index in [2.05, 4.69) is 23.5 Å². The van der Waals surface area contributed by atoms with Gasteiger partial charge in [0.05, 0.1) is 7.11 Å². The van der Waals surface area contributed by atoms with E-state index in [1.807, 2.05) is 54.6 Å². The van der Waals surface area contributed by atoms with E-state index in [4.69, 9.17) is 21.1 Å². The molecule has 3 aromatic carbocycles. The lowest BCUT2D eigenvalue weighted by Gasteiger charge is -2.11. The van der Waals surface area contributed by atoms with Crippen LogP contribution in [0.3, 0.4) is 0 Å². The Morgan fingerprint density at radius 1 is 0.852 bits per heavy atom. The summed E-state index contributed by atoms with van der Waals surface area (Å²) in [5.41, 5.74) is 3.41. The van der Waals surface area contributed by atoms with Crippen LogP contribution in [0.25, 0.3) is 0 Å². The molecule has 0 atom stereocenters. The normalized spacial score (nSPS) is 10.1. The summed E-state index contributed by atoms with van der Waals surface area (Å²) in [4.78, 5) is 0. The highest BCUT2D eigenvalue weighted by molar-refractivity contribution is 6.30. The maximum atomic E-state index is 5.91. The Morgan fingerprint density at radius 2 is 1.63 bits per heavy atom. The van der Waals surface area contributed by atoms with Crippen molar-refractivity contribution in [1.29, 1.82) is 0 Å². The molecule has 0 aliphatic carbocycles. The number of para-hydroxylation sites is 1. The van der Waals surface area contributed by atoms with E-state index >= 15 is 0 Å². The molecule has 0 bridgehead atoms. The summed E-state index contributed by atoms with van der Waals surface area (Å²) in [6.45, 7) is 2.03. The molecule has 3 rings (SSSR count). The third-order valence-corrected chi connectivity index (χ3v) is 4.31. The average molecular weight is 404 g/mol. The van der Waals surface area contributed by atoms with Crippen LogP contribution in [0.5, 0.6) is 11.5 Å². The monoisotopic (exact) mass is 403 g/mol. The number of methoxy groups -OCH3 is 1. The van der Waals surface area contributed by atoms with E-state index in [1.165, 1.54) is 5.56 Å². The van der Waals surface area contributed by atoms with E-state index in [0.29, 0.717) is 6.61 Å². The molecular formula is C22H23Cl2NO2. The van der Waals surface area contributed by atoms with E-state index in [0.717, 1.165) is 40.7 Å². The molecule has 0 fully saturated rings. The second-order valence-corrected chi connectivity index (χ2v) is 6.41. The molecule has 3 nitrogen and oxygen atoms in total. The highest BCUT2D eigenvalue weighted by atomic mass is 35.5. The van der Waals surface area contributed by atoms with Crippen molar-refractivity contribution < 1.29 is 9.47 Å². The predicted octanol–water partition coefficient (Wildman–Crippen LogP) is 5.64. The highest BCUT2D eigenvalue weighted by Crippen LogP contribution is 2.18. The Labute approximate surface area is 171 Å². The van der Waals surface area contributed by atoms with Crippen LogP contribution in [0.2, 0.25) is 5.02 Å². The quantitative estimate of drug-likeness (QED) is 0.527. The van der Waals surface area contributed by atoms with Crippen molar-refractivity contribution in [2.24, 2.45) is 0 Å². The standard InChI is InChI=1S/C22H22ClNO2.ClH/c1-25-22-8-3-2-6-19(22)15-24-14-18-5-4-7-21(13-18)26-16-17-9-11-20(23)12-10-17;/h2-13,24H,14-16H2,1H3;1H. The Balaban J connectivity index is 0.00000261. The number of ether oxygens (including phenoxy) is 2. The van der Waals surface area contributed by atoms with Gasteiger partial charge in [-0.1, -0.05) is 54.1 Å². The topological polar surface area (TPSA) is 30.5 Å². The van der Waals surface area contributed by atoms with Crippen molar-refractivity contribution in [2.45, 2.75) is 19.7 Å². The van der Waals surface area contributed by atoms with Gasteiger partial charge >= 0.3 is 0 Å². The van der Waals surface area contributed by atoms with Gasteiger partial charge in [0, 0.05) is 23.7 Å². The fraction of sp³-hybridized carbons (Fsp3) is 0.182. The van der Waals surface area contributed by atoms with E-state index in [-0.39, 0.29) is 12.4 Å². The van der Waals surface area contributed by atoms with Crippen molar-refractivity contribution in [2.75, 3.05) is 7.11 Å². The maximum absolute atomic E-state index is 5.91. The van der Waals surface area contributed by atoms with Crippen molar-refractivity contribution in [3.63, 3.8) is 0 Å². The van der Waals surface area contributed by atoms with Gasteiger partial charge in [0.2, 0.25) is 0 Å². The third kappa shape index (κ3) is 6.47. The lowest BCUT2D eigenvalue weighted by molar-refractivity contribution is 0.306. The highest BCUT2D eigenvalue weighted by Gasteiger charge is 2.02. The van der Waals surface area contributed by atoms with Crippen LogP contribution in [0.1, 0.15) is 16.7 Å². The van der Waals surface area contributed by atoms with Crippen LogP contribution in [-0.4, -0.2) is 7.11 Å². The molecule has 27 heavy (non-hydrogen) atoms. The molecule has 3 aromatic rings. The van der Waals surface area contributed by atoms with Crippen LogP contribution in [0.4, 0.5) is 0 Å². The summed E-state index contributed by atoms with van der Waals surface area (Å²) in [5.74, 6) is 1.76. The van der Waals surface area contributed by atoms with Crippen LogP contribution in [0, 0.1) is 0 Å². The van der Waals surface area contributed by atoms with E-state index < -0.39 is 0 Å². The molecular weight excluding hydrogens is 381 g/mol. The molecule has 0 amide bonds. The molecule has 0 aromatic heterocycles. The van der Waals surface area contributed by atoms with Crippen LogP contribution < -0.4 is 14.8 Å². The number of hydrogen-bond donors (Lipinski definition) is 1. The zero-order valence-electron chi connectivity index (χ0n) is 15.2. The lowest BCUT2D eigenvalue weighted by Crippen LogP contribution is -2.13. The molecule has 142 valence electrons. The van der Waals surface area contributed by atoms with Gasteiger partial charge in [0.15, 0.2) is 0 Å². The fourth-order valence-electron chi connectivity index (χ4n) is 2.68. The first-order valence-electron chi connectivity index (χ1n) is 8.53. The Bertz CT molecular complexity index is 838. The van der Waals surface area contributed by atoms with Crippen LogP contribution in [0.15, 0.2) is 72.8 Å². The lowest BCUT2D eigenvalue weighted by atomic mass is 10.2. The molecule has 0 heterocycles. The average Bonchev–Trinajstić information content (AvgIpc) is 2.68. The largest absolute Gasteiger partial charge is 0.496 e. The zero-order chi connectivity index (χ0) is 18.2. The van der Waals surface area contributed by atoms with Gasteiger partial charge in [-0.05, 0) is 41.5 Å². The number of hydrogen-bond acceptors (Lipinski definition) is 3. The summed E-state index contributed by atoms with van der Waals surface area (Å²) in [6.07, 6.45) is 0. The second kappa shape index (κ2) is 10.8. The van der Waals surface area contributed by atoms with Gasteiger partial charge in [0.1, 0.15) is 18.1 Å². The summed E-state index contributed by atoms with van der Waals surface area (Å²) in [7, 11) is 1.69. The number of benzene rings is 3. The SMILES string of the molecule is COc1ccccc1CNCc1cccc(OCc2ccc(Cl)cc2)c1.Cl. The molecule has 0 aliphatic rings. The first-order chi connectivity index (χ1) is 12.7. The molecule has 0 saturated carbocycles. The number of halogens is 2. The van der Waals surface area contributed by atoms with Gasteiger partial charge in [-0.25, -0.2) is 0 Å². The second-order valence-electron chi connectivity index (χ2n) is 5.98. The zero-order valence-corrected chi connectivity index (χ0v) is 16.7. The predicted molar refractivity (Wildman–Crippen MR) is 113 cm³/mol. The molecule has 0 saturated heterocycles.